The molecule has 0 aliphatic carbocycles. The Morgan fingerprint density at radius 1 is 0.952 bits per heavy atom. The van der Waals surface area contributed by atoms with E-state index in [4.69, 9.17) is 23.2 Å². The maximum atomic E-state index is 11.8. The second kappa shape index (κ2) is 7.11. The zero-order valence-corrected chi connectivity index (χ0v) is 12.4. The lowest BCUT2D eigenvalue weighted by Gasteiger charge is -2.08. The van der Waals surface area contributed by atoms with Crippen LogP contribution < -0.4 is 10.9 Å². The van der Waals surface area contributed by atoms with Crippen LogP contribution in [0.3, 0.4) is 0 Å². The van der Waals surface area contributed by atoms with Crippen molar-refractivity contribution in [1.29, 1.82) is 0 Å². The van der Waals surface area contributed by atoms with Gasteiger partial charge in [0.1, 0.15) is 0 Å². The molecule has 2 aromatic carbocycles. The van der Waals surface area contributed by atoms with Gasteiger partial charge in [0, 0.05) is 15.6 Å². The Morgan fingerprint density at radius 2 is 1.71 bits per heavy atom. The number of carbonyl (C=O) groups is 2. The minimum atomic E-state index is -0.440. The third-order valence-corrected chi connectivity index (χ3v) is 3.31. The van der Waals surface area contributed by atoms with Crippen LogP contribution in [0.25, 0.3) is 0 Å². The van der Waals surface area contributed by atoms with Crippen LogP contribution in [0.4, 0.5) is 0 Å². The van der Waals surface area contributed by atoms with E-state index in [0.29, 0.717) is 21.2 Å². The average molecular weight is 323 g/mol. The summed E-state index contributed by atoms with van der Waals surface area (Å²) < 4.78 is 0. The van der Waals surface area contributed by atoms with E-state index in [9.17, 15) is 9.59 Å². The van der Waals surface area contributed by atoms with Gasteiger partial charge in [0.05, 0.1) is 6.42 Å². The van der Waals surface area contributed by atoms with Gasteiger partial charge in [-0.3, -0.25) is 20.4 Å². The van der Waals surface area contributed by atoms with E-state index < -0.39 is 5.91 Å². The number of hydrazine groups is 1. The van der Waals surface area contributed by atoms with Gasteiger partial charge >= 0.3 is 0 Å². The summed E-state index contributed by atoms with van der Waals surface area (Å²) in [5.74, 6) is -0.802. The maximum Gasteiger partial charge on any atom is 0.269 e. The highest BCUT2D eigenvalue weighted by Crippen LogP contribution is 2.15. The summed E-state index contributed by atoms with van der Waals surface area (Å²) in [5, 5.41) is 0.957. The Kier molecular flexibility index (Phi) is 5.20. The fourth-order valence-electron chi connectivity index (χ4n) is 1.69. The summed E-state index contributed by atoms with van der Waals surface area (Å²) in [6.07, 6.45) is 0.0789. The van der Waals surface area contributed by atoms with E-state index in [1.54, 1.807) is 42.5 Å². The molecule has 21 heavy (non-hydrogen) atoms. The highest BCUT2D eigenvalue weighted by atomic mass is 35.5. The normalized spacial score (nSPS) is 10.0. The van der Waals surface area contributed by atoms with Crippen molar-refractivity contribution in [3.63, 3.8) is 0 Å². The van der Waals surface area contributed by atoms with Crippen LogP contribution in [0, 0.1) is 0 Å². The molecular formula is C15H12Cl2N2O2. The van der Waals surface area contributed by atoms with E-state index in [1.807, 2.05) is 0 Å². The number of halogens is 2. The minimum Gasteiger partial charge on any atom is -0.273 e. The van der Waals surface area contributed by atoms with E-state index in [2.05, 4.69) is 10.9 Å². The monoisotopic (exact) mass is 322 g/mol. The zero-order chi connectivity index (χ0) is 15.2. The van der Waals surface area contributed by atoms with Gasteiger partial charge in [-0.1, -0.05) is 47.5 Å². The van der Waals surface area contributed by atoms with Gasteiger partial charge in [0.15, 0.2) is 0 Å². The lowest BCUT2D eigenvalue weighted by molar-refractivity contribution is -0.121. The first kappa shape index (κ1) is 15.4. The SMILES string of the molecule is O=C(Cc1ccccc1Cl)NNC(=O)c1cccc(Cl)c1. The number of hydrogen-bond acceptors (Lipinski definition) is 2. The van der Waals surface area contributed by atoms with Crippen LogP contribution in [-0.2, 0) is 11.2 Å². The Bertz CT molecular complexity index is 674. The lowest BCUT2D eigenvalue weighted by Crippen LogP contribution is -2.42. The van der Waals surface area contributed by atoms with Gasteiger partial charge < -0.3 is 0 Å². The van der Waals surface area contributed by atoms with E-state index in [1.165, 1.54) is 6.07 Å². The van der Waals surface area contributed by atoms with Crippen molar-refractivity contribution in [2.24, 2.45) is 0 Å². The van der Waals surface area contributed by atoms with Gasteiger partial charge in [0.25, 0.3) is 5.91 Å². The standard InChI is InChI=1S/C15H12Cl2N2O2/c16-12-6-3-5-11(8-12)15(21)19-18-14(20)9-10-4-1-2-7-13(10)17/h1-8H,9H2,(H,18,20)(H,19,21). The van der Waals surface area contributed by atoms with Crippen LogP contribution in [0.5, 0.6) is 0 Å². The van der Waals surface area contributed by atoms with Gasteiger partial charge in [-0.05, 0) is 29.8 Å². The highest BCUT2D eigenvalue weighted by Gasteiger charge is 2.09. The van der Waals surface area contributed by atoms with Gasteiger partial charge in [-0.25, -0.2) is 0 Å². The van der Waals surface area contributed by atoms with E-state index >= 15 is 0 Å². The van der Waals surface area contributed by atoms with Gasteiger partial charge in [0.2, 0.25) is 5.91 Å². The fourth-order valence-corrected chi connectivity index (χ4v) is 2.08. The highest BCUT2D eigenvalue weighted by molar-refractivity contribution is 6.31. The van der Waals surface area contributed by atoms with Crippen LogP contribution in [0.2, 0.25) is 10.0 Å². The molecule has 2 aromatic rings. The quantitative estimate of drug-likeness (QED) is 0.853. The number of hydrogen-bond donors (Lipinski definition) is 2. The summed E-state index contributed by atoms with van der Waals surface area (Å²) in [6, 6.07) is 13.5. The third kappa shape index (κ3) is 4.48. The van der Waals surface area contributed by atoms with Crippen molar-refractivity contribution in [2.75, 3.05) is 0 Å². The molecule has 0 spiro atoms. The molecule has 108 valence electrons. The molecule has 0 heterocycles. The number of rotatable bonds is 3. The molecule has 4 nitrogen and oxygen atoms in total. The number of nitrogens with one attached hydrogen (secondary N) is 2. The van der Waals surface area contributed by atoms with Crippen molar-refractivity contribution in [3.05, 3.63) is 69.7 Å². The molecule has 0 saturated heterocycles. The first-order valence-electron chi connectivity index (χ1n) is 6.14. The summed E-state index contributed by atoms with van der Waals surface area (Å²) in [7, 11) is 0. The summed E-state index contributed by atoms with van der Waals surface area (Å²) in [6.45, 7) is 0. The van der Waals surface area contributed by atoms with Crippen molar-refractivity contribution < 1.29 is 9.59 Å². The smallest absolute Gasteiger partial charge is 0.269 e. The molecule has 0 bridgehead atoms. The largest absolute Gasteiger partial charge is 0.273 e. The molecule has 0 aliphatic rings. The Labute approximate surface area is 132 Å². The molecule has 2 amide bonds. The molecule has 0 atom stereocenters. The molecule has 0 saturated carbocycles. The topological polar surface area (TPSA) is 58.2 Å². The second-order valence-electron chi connectivity index (χ2n) is 4.28. The predicted molar refractivity (Wildman–Crippen MR) is 82.2 cm³/mol. The number of benzene rings is 2. The Balaban J connectivity index is 1.90. The molecule has 0 radical (unpaired) electrons. The molecule has 0 aromatic heterocycles. The second-order valence-corrected chi connectivity index (χ2v) is 5.12. The molecule has 2 N–H and O–H groups in total. The fraction of sp³-hybridized carbons (Fsp3) is 0.0667. The zero-order valence-electron chi connectivity index (χ0n) is 10.9. The van der Waals surface area contributed by atoms with Crippen molar-refractivity contribution in [1.82, 2.24) is 10.9 Å². The molecule has 6 heteroatoms. The predicted octanol–water partition coefficient (Wildman–Crippen LogP) is 3.00. The number of amides is 2. The van der Waals surface area contributed by atoms with Gasteiger partial charge in [-0.15, -0.1) is 0 Å². The summed E-state index contributed by atoms with van der Waals surface area (Å²) in [4.78, 5) is 23.6. The summed E-state index contributed by atoms with van der Waals surface area (Å²) in [5.41, 5.74) is 5.71. The van der Waals surface area contributed by atoms with Crippen LogP contribution in [0.1, 0.15) is 15.9 Å². The molecule has 0 aliphatic heterocycles. The van der Waals surface area contributed by atoms with Crippen LogP contribution in [-0.4, -0.2) is 11.8 Å². The lowest BCUT2D eigenvalue weighted by atomic mass is 10.1. The molecular weight excluding hydrogens is 311 g/mol. The Hall–Kier alpha value is -2.04. The molecule has 2 rings (SSSR count). The summed E-state index contributed by atoms with van der Waals surface area (Å²) >= 11 is 11.8. The van der Waals surface area contributed by atoms with Crippen molar-refractivity contribution in [3.8, 4) is 0 Å². The third-order valence-electron chi connectivity index (χ3n) is 2.71. The van der Waals surface area contributed by atoms with Crippen molar-refractivity contribution in [2.45, 2.75) is 6.42 Å². The average Bonchev–Trinajstić information content (AvgIpc) is 2.47. The molecule has 0 unspecified atom stereocenters. The van der Waals surface area contributed by atoms with Crippen molar-refractivity contribution >= 4 is 35.0 Å². The first-order chi connectivity index (χ1) is 10.1. The van der Waals surface area contributed by atoms with Crippen LogP contribution >= 0.6 is 23.2 Å². The van der Waals surface area contributed by atoms with Gasteiger partial charge in [-0.2, -0.15) is 0 Å². The van der Waals surface area contributed by atoms with Crippen LogP contribution in [0.15, 0.2) is 48.5 Å². The van der Waals surface area contributed by atoms with E-state index in [0.717, 1.165) is 0 Å². The first-order valence-corrected chi connectivity index (χ1v) is 6.90. The minimum absolute atomic E-state index is 0.0789. The van der Waals surface area contributed by atoms with E-state index in [-0.39, 0.29) is 12.3 Å². The Morgan fingerprint density at radius 3 is 2.43 bits per heavy atom. The number of carbonyl (C=O) groups excluding carboxylic acids is 2. The molecule has 0 fully saturated rings. The maximum absolute atomic E-state index is 11.8.